The number of rotatable bonds is 3. The summed E-state index contributed by atoms with van der Waals surface area (Å²) in [6, 6.07) is 7.46. The zero-order valence-corrected chi connectivity index (χ0v) is 12.9. The first kappa shape index (κ1) is 15.2. The van der Waals surface area contributed by atoms with Crippen molar-refractivity contribution in [2.75, 3.05) is 31.1 Å². The minimum Gasteiger partial charge on any atom is -0.508 e. The monoisotopic (exact) mass is 303 g/mol. The number of anilines is 1. The minimum absolute atomic E-state index is 0.210. The zero-order valence-electron chi connectivity index (χ0n) is 12.9. The van der Waals surface area contributed by atoms with E-state index in [9.17, 15) is 9.90 Å². The summed E-state index contributed by atoms with van der Waals surface area (Å²) in [5.74, 6) is 0.917. The maximum Gasteiger partial charge on any atom is 0.223 e. The Morgan fingerprint density at radius 2 is 1.82 bits per heavy atom. The van der Waals surface area contributed by atoms with Crippen molar-refractivity contribution in [3.8, 4) is 5.75 Å². The molecule has 1 saturated carbocycles. The van der Waals surface area contributed by atoms with E-state index < -0.39 is 0 Å². The Labute approximate surface area is 131 Å². The predicted molar refractivity (Wildman–Crippen MR) is 86.8 cm³/mol. The van der Waals surface area contributed by atoms with Crippen molar-refractivity contribution in [1.82, 2.24) is 4.90 Å². The van der Waals surface area contributed by atoms with Gasteiger partial charge in [-0.2, -0.15) is 0 Å². The molecule has 1 aromatic carbocycles. The molecule has 5 nitrogen and oxygen atoms in total. The summed E-state index contributed by atoms with van der Waals surface area (Å²) in [6.07, 6.45) is 3.93. The standard InChI is InChI=1S/C17H25N3O2/c18-16-3-1-2-13(16)12-17(22)20-10-8-19(9-11-20)14-4-6-15(21)7-5-14/h4-7,13,16,21H,1-3,8-12,18H2/t13-,16+/m0/s1. The van der Waals surface area contributed by atoms with Crippen LogP contribution in [0.4, 0.5) is 5.69 Å². The third-order valence-electron chi connectivity index (χ3n) is 5.00. The van der Waals surface area contributed by atoms with Crippen LogP contribution in [0, 0.1) is 5.92 Å². The van der Waals surface area contributed by atoms with Gasteiger partial charge in [-0.3, -0.25) is 4.79 Å². The number of nitrogens with two attached hydrogens (primary N) is 1. The third kappa shape index (κ3) is 3.35. The number of carbonyl (C=O) groups excluding carboxylic acids is 1. The molecule has 1 saturated heterocycles. The number of phenolic OH excluding ortho intramolecular Hbond substituents is 1. The first-order valence-electron chi connectivity index (χ1n) is 8.21. The Bertz CT molecular complexity index is 509. The molecule has 5 heteroatoms. The van der Waals surface area contributed by atoms with E-state index in [2.05, 4.69) is 4.90 Å². The van der Waals surface area contributed by atoms with Crippen molar-refractivity contribution >= 4 is 11.6 Å². The lowest BCUT2D eigenvalue weighted by molar-refractivity contribution is -0.132. The fourth-order valence-corrected chi connectivity index (χ4v) is 3.55. The summed E-state index contributed by atoms with van der Waals surface area (Å²) in [5.41, 5.74) is 7.17. The molecule has 1 aliphatic carbocycles. The number of benzene rings is 1. The van der Waals surface area contributed by atoms with Crippen molar-refractivity contribution in [3.05, 3.63) is 24.3 Å². The number of hydrogen-bond acceptors (Lipinski definition) is 4. The van der Waals surface area contributed by atoms with Gasteiger partial charge < -0.3 is 20.6 Å². The van der Waals surface area contributed by atoms with E-state index in [1.54, 1.807) is 12.1 Å². The molecule has 2 aliphatic rings. The van der Waals surface area contributed by atoms with Gasteiger partial charge in [-0.25, -0.2) is 0 Å². The van der Waals surface area contributed by atoms with Gasteiger partial charge in [0, 0.05) is 44.3 Å². The van der Waals surface area contributed by atoms with Crippen LogP contribution >= 0.6 is 0 Å². The Morgan fingerprint density at radius 3 is 2.41 bits per heavy atom. The lowest BCUT2D eigenvalue weighted by Crippen LogP contribution is -2.49. The number of piperazine rings is 1. The average molecular weight is 303 g/mol. The van der Waals surface area contributed by atoms with E-state index in [0.717, 1.165) is 51.1 Å². The molecule has 2 fully saturated rings. The van der Waals surface area contributed by atoms with Crippen molar-refractivity contribution in [2.24, 2.45) is 11.7 Å². The number of phenols is 1. The summed E-state index contributed by atoms with van der Waals surface area (Å²) in [6.45, 7) is 3.21. The van der Waals surface area contributed by atoms with Gasteiger partial charge in [0.2, 0.25) is 5.91 Å². The van der Waals surface area contributed by atoms with Crippen molar-refractivity contribution < 1.29 is 9.90 Å². The van der Waals surface area contributed by atoms with E-state index in [1.165, 1.54) is 0 Å². The van der Waals surface area contributed by atoms with Crippen LogP contribution in [-0.2, 0) is 4.79 Å². The molecule has 0 bridgehead atoms. The van der Waals surface area contributed by atoms with E-state index in [-0.39, 0.29) is 17.7 Å². The summed E-state index contributed by atoms with van der Waals surface area (Å²) in [5, 5.41) is 9.35. The molecule has 2 atom stereocenters. The fraction of sp³-hybridized carbons (Fsp3) is 0.588. The Kier molecular flexibility index (Phi) is 4.52. The SMILES string of the molecule is N[C@@H]1CCC[C@H]1CC(=O)N1CCN(c2ccc(O)cc2)CC1. The van der Waals surface area contributed by atoms with Gasteiger partial charge >= 0.3 is 0 Å². The van der Waals surface area contributed by atoms with E-state index in [4.69, 9.17) is 5.73 Å². The molecule has 22 heavy (non-hydrogen) atoms. The van der Waals surface area contributed by atoms with Crippen LogP contribution in [0.25, 0.3) is 0 Å². The summed E-state index contributed by atoms with van der Waals surface area (Å²) in [7, 11) is 0. The molecular weight excluding hydrogens is 278 g/mol. The van der Waals surface area contributed by atoms with Crippen molar-refractivity contribution in [2.45, 2.75) is 31.7 Å². The summed E-state index contributed by atoms with van der Waals surface area (Å²) in [4.78, 5) is 16.6. The second kappa shape index (κ2) is 6.57. The molecule has 0 radical (unpaired) electrons. The smallest absolute Gasteiger partial charge is 0.223 e. The number of hydrogen-bond donors (Lipinski definition) is 2. The molecule has 1 amide bonds. The highest BCUT2D eigenvalue weighted by molar-refractivity contribution is 5.77. The molecule has 1 aromatic rings. The molecule has 1 heterocycles. The van der Waals surface area contributed by atoms with E-state index >= 15 is 0 Å². The van der Waals surface area contributed by atoms with Crippen LogP contribution in [0.5, 0.6) is 5.75 Å². The lowest BCUT2D eigenvalue weighted by atomic mass is 9.99. The van der Waals surface area contributed by atoms with Gasteiger partial charge in [-0.05, 0) is 43.0 Å². The maximum absolute atomic E-state index is 12.4. The van der Waals surface area contributed by atoms with Crippen LogP contribution in [0.1, 0.15) is 25.7 Å². The molecule has 3 N–H and O–H groups in total. The van der Waals surface area contributed by atoms with Gasteiger partial charge in [-0.1, -0.05) is 6.42 Å². The second-order valence-electron chi connectivity index (χ2n) is 6.44. The summed E-state index contributed by atoms with van der Waals surface area (Å²) < 4.78 is 0. The first-order chi connectivity index (χ1) is 10.6. The number of nitrogens with zero attached hydrogens (tertiary/aromatic N) is 2. The molecule has 0 spiro atoms. The Balaban J connectivity index is 1.50. The van der Waals surface area contributed by atoms with Crippen molar-refractivity contribution in [1.29, 1.82) is 0 Å². The predicted octanol–water partition coefficient (Wildman–Crippen LogP) is 1.56. The number of amides is 1. The summed E-state index contributed by atoms with van der Waals surface area (Å²) >= 11 is 0. The molecule has 120 valence electrons. The van der Waals surface area contributed by atoms with Gasteiger partial charge in [0.1, 0.15) is 5.75 Å². The van der Waals surface area contributed by atoms with E-state index in [1.807, 2.05) is 17.0 Å². The molecule has 3 rings (SSSR count). The third-order valence-corrected chi connectivity index (χ3v) is 5.00. The maximum atomic E-state index is 12.4. The highest BCUT2D eigenvalue weighted by Gasteiger charge is 2.29. The topological polar surface area (TPSA) is 69.8 Å². The largest absolute Gasteiger partial charge is 0.508 e. The van der Waals surface area contributed by atoms with Crippen LogP contribution in [0.15, 0.2) is 24.3 Å². The molecule has 0 unspecified atom stereocenters. The van der Waals surface area contributed by atoms with Crippen LogP contribution < -0.4 is 10.6 Å². The first-order valence-corrected chi connectivity index (χ1v) is 8.21. The highest BCUT2D eigenvalue weighted by Crippen LogP contribution is 2.28. The molecule has 0 aromatic heterocycles. The van der Waals surface area contributed by atoms with Crippen LogP contribution in [-0.4, -0.2) is 48.1 Å². The quantitative estimate of drug-likeness (QED) is 0.889. The van der Waals surface area contributed by atoms with Crippen molar-refractivity contribution in [3.63, 3.8) is 0 Å². The average Bonchev–Trinajstić information content (AvgIpc) is 2.93. The number of aromatic hydroxyl groups is 1. The van der Waals surface area contributed by atoms with Crippen LogP contribution in [0.3, 0.4) is 0 Å². The number of carbonyl (C=O) groups is 1. The molecule has 1 aliphatic heterocycles. The normalized spacial score (nSPS) is 25.5. The minimum atomic E-state index is 0.210. The Hall–Kier alpha value is -1.75. The fourth-order valence-electron chi connectivity index (χ4n) is 3.55. The lowest BCUT2D eigenvalue weighted by Gasteiger charge is -2.36. The Morgan fingerprint density at radius 1 is 1.14 bits per heavy atom. The van der Waals surface area contributed by atoms with Gasteiger partial charge in [0.25, 0.3) is 0 Å². The highest BCUT2D eigenvalue weighted by atomic mass is 16.3. The van der Waals surface area contributed by atoms with Gasteiger partial charge in [-0.15, -0.1) is 0 Å². The molecular formula is C17H25N3O2. The van der Waals surface area contributed by atoms with Gasteiger partial charge in [0.05, 0.1) is 0 Å². The zero-order chi connectivity index (χ0) is 15.5. The van der Waals surface area contributed by atoms with Gasteiger partial charge in [0.15, 0.2) is 0 Å². The van der Waals surface area contributed by atoms with Crippen LogP contribution in [0.2, 0.25) is 0 Å². The second-order valence-corrected chi connectivity index (χ2v) is 6.44. The van der Waals surface area contributed by atoms with E-state index in [0.29, 0.717) is 12.3 Å².